The van der Waals surface area contributed by atoms with Crippen LogP contribution in [0, 0.1) is 10.1 Å². The highest BCUT2D eigenvalue weighted by Gasteiger charge is 1.57. The zero-order valence-corrected chi connectivity index (χ0v) is 4.42. The maximum atomic E-state index is 8.81. The summed E-state index contributed by atoms with van der Waals surface area (Å²) >= 11 is 0. The van der Waals surface area contributed by atoms with Gasteiger partial charge in [0.05, 0.1) is 0 Å². The zero-order valence-electron chi connectivity index (χ0n) is 4.42. The largest absolute Gasteiger partial charge is 0.397 e. The fourth-order valence-corrected chi connectivity index (χ4v) is 0. The molecular weight excluding hydrogens is 98.0 g/mol. The van der Waals surface area contributed by atoms with E-state index in [4.69, 9.17) is 15.2 Å². The van der Waals surface area contributed by atoms with Gasteiger partial charge in [0.2, 0.25) is 0 Å². The van der Waals surface area contributed by atoms with Gasteiger partial charge in [0.1, 0.15) is 0 Å². The topological polar surface area (TPSA) is 63.4 Å². The summed E-state index contributed by atoms with van der Waals surface area (Å²) in [6.45, 7) is 1.93. The molecule has 0 saturated carbocycles. The fourth-order valence-electron chi connectivity index (χ4n) is 0. The first-order valence-electron chi connectivity index (χ1n) is 1.84. The van der Waals surface area contributed by atoms with Crippen LogP contribution in [0.1, 0.15) is 6.92 Å². The van der Waals surface area contributed by atoms with Crippen LogP contribution >= 0.6 is 0 Å². The molecule has 7 heavy (non-hydrogen) atoms. The highest BCUT2D eigenvalue weighted by molar-refractivity contribution is 3.91. The van der Waals surface area contributed by atoms with E-state index in [9.17, 15) is 0 Å². The van der Waals surface area contributed by atoms with Crippen LogP contribution in [0.4, 0.5) is 0 Å². The maximum Gasteiger partial charge on any atom is 0.194 e. The van der Waals surface area contributed by atoms with Gasteiger partial charge in [0, 0.05) is 11.5 Å². The predicted molar refractivity (Wildman–Crippen MR) is 25.7 cm³/mol. The summed E-state index contributed by atoms with van der Waals surface area (Å²) in [7, 11) is 0.889. The van der Waals surface area contributed by atoms with Crippen molar-refractivity contribution in [2.24, 2.45) is 0 Å². The van der Waals surface area contributed by atoms with E-state index in [0.29, 0.717) is 0 Å². The fraction of sp³-hybridized carbons (Fsp3) is 1.00. The smallest absolute Gasteiger partial charge is 0.194 e. The van der Waals surface area contributed by atoms with Crippen LogP contribution in [0.5, 0.6) is 0 Å². The minimum Gasteiger partial charge on any atom is -0.397 e. The predicted octanol–water partition coefficient (Wildman–Crippen LogP) is -0.109. The van der Waals surface area contributed by atoms with Crippen molar-refractivity contribution >= 4 is 0 Å². The Hall–Kier alpha value is -0.640. The number of aliphatic hydroxyl groups is 1. The molecule has 1 N–H and O–H groups in total. The summed E-state index contributed by atoms with van der Waals surface area (Å²) in [6, 6.07) is 0. The molecule has 0 bridgehead atoms. The molecule has 4 heteroatoms. The molecule has 0 aromatic rings. The summed E-state index contributed by atoms with van der Waals surface area (Å²) in [5.74, 6) is 0. The highest BCUT2D eigenvalue weighted by Crippen LogP contribution is 1.39. The molecule has 0 aromatic heterocycles. The van der Waals surface area contributed by atoms with Gasteiger partial charge in [-0.05, 0) is 6.92 Å². The van der Waals surface area contributed by atoms with E-state index < -0.39 is 4.92 Å². The minimum absolute atomic E-state index is 0.250. The molecule has 0 spiro atoms. The molecule has 0 aromatic carbocycles. The van der Waals surface area contributed by atoms with Crippen LogP contribution in [0.2, 0.25) is 0 Å². The lowest BCUT2D eigenvalue weighted by molar-refractivity contribution is -0.445. The van der Waals surface area contributed by atoms with E-state index in [0.717, 1.165) is 7.05 Å². The number of hydrogen-bond donors (Lipinski definition) is 1. The van der Waals surface area contributed by atoms with Crippen LogP contribution in [0.25, 0.3) is 0 Å². The second-order valence-electron chi connectivity index (χ2n) is 0.756. The molecule has 0 atom stereocenters. The minimum atomic E-state index is -0.500. The van der Waals surface area contributed by atoms with Gasteiger partial charge in [0.25, 0.3) is 0 Å². The van der Waals surface area contributed by atoms with Gasteiger partial charge in [0.15, 0.2) is 7.05 Å². The van der Waals surface area contributed by atoms with Gasteiger partial charge in [-0.25, -0.2) is 0 Å². The number of aliphatic hydroxyl groups excluding tert-OH is 1. The van der Waals surface area contributed by atoms with Crippen molar-refractivity contribution in [3.8, 4) is 0 Å². The lowest BCUT2D eigenvalue weighted by Gasteiger charge is -1.63. The number of rotatable bonds is 0. The molecule has 0 aliphatic heterocycles. The van der Waals surface area contributed by atoms with Crippen molar-refractivity contribution < 1.29 is 10.0 Å². The molecule has 44 valence electrons. The lowest BCUT2D eigenvalue weighted by atomic mass is 10.9. The van der Waals surface area contributed by atoms with E-state index in [1.807, 2.05) is 0 Å². The molecule has 0 aliphatic rings. The summed E-state index contributed by atoms with van der Waals surface area (Å²) in [4.78, 5) is 8.31. The zero-order chi connectivity index (χ0) is 6.28. The first-order valence-corrected chi connectivity index (χ1v) is 1.84. The van der Waals surface area contributed by atoms with Gasteiger partial charge < -0.3 is 5.11 Å². The third-order valence-electron chi connectivity index (χ3n) is 0. The van der Waals surface area contributed by atoms with E-state index in [1.165, 1.54) is 0 Å². The van der Waals surface area contributed by atoms with Crippen LogP contribution < -0.4 is 0 Å². The van der Waals surface area contributed by atoms with Gasteiger partial charge in [-0.15, -0.1) is 0 Å². The van der Waals surface area contributed by atoms with Crippen molar-refractivity contribution in [2.75, 3.05) is 13.7 Å². The first kappa shape index (κ1) is 9.61. The number of nitrogens with zero attached hydrogens (tertiary/aromatic N) is 1. The average molecular weight is 107 g/mol. The van der Waals surface area contributed by atoms with Gasteiger partial charge in [-0.1, -0.05) is 0 Å². The molecule has 4 nitrogen and oxygen atoms in total. The summed E-state index contributed by atoms with van der Waals surface area (Å²) in [6.07, 6.45) is 0. The van der Waals surface area contributed by atoms with Crippen LogP contribution in [-0.2, 0) is 0 Å². The summed E-state index contributed by atoms with van der Waals surface area (Å²) in [5, 5.41) is 16.4. The van der Waals surface area contributed by atoms with E-state index in [2.05, 4.69) is 0 Å². The average Bonchev–Trinajstić information content (AvgIpc) is 1.33. The van der Waals surface area contributed by atoms with Crippen LogP contribution in [0.3, 0.4) is 0 Å². The third-order valence-corrected chi connectivity index (χ3v) is 0. The molecule has 0 radical (unpaired) electrons. The Morgan fingerprint density at radius 1 is 1.86 bits per heavy atom. The highest BCUT2D eigenvalue weighted by atomic mass is 16.6. The Kier molecular flexibility index (Phi) is 12.4. The summed E-state index contributed by atoms with van der Waals surface area (Å²) in [5.41, 5.74) is 0. The third kappa shape index (κ3) is 148. The molecule has 0 amide bonds. The molecule has 0 heterocycles. The number of nitro groups is 1. The van der Waals surface area contributed by atoms with E-state index in [1.54, 1.807) is 6.92 Å². The summed E-state index contributed by atoms with van der Waals surface area (Å²) < 4.78 is 0. The quantitative estimate of drug-likeness (QED) is 0.347. The second kappa shape index (κ2) is 9.03. The van der Waals surface area contributed by atoms with Crippen LogP contribution in [-0.4, -0.2) is 23.7 Å². The SMILES string of the molecule is CCO.C[N+](=O)[O-]. The Bertz CT molecular complexity index is 41.4. The molecule has 0 rings (SSSR count). The van der Waals surface area contributed by atoms with Crippen LogP contribution in [0.15, 0.2) is 0 Å². The van der Waals surface area contributed by atoms with Crippen molar-refractivity contribution in [3.63, 3.8) is 0 Å². The van der Waals surface area contributed by atoms with Crippen molar-refractivity contribution in [3.05, 3.63) is 10.1 Å². The van der Waals surface area contributed by atoms with Crippen molar-refractivity contribution in [2.45, 2.75) is 6.92 Å². The Morgan fingerprint density at radius 2 is 1.86 bits per heavy atom. The van der Waals surface area contributed by atoms with Gasteiger partial charge >= 0.3 is 0 Å². The Morgan fingerprint density at radius 3 is 1.86 bits per heavy atom. The number of hydrogen-bond acceptors (Lipinski definition) is 3. The standard InChI is InChI=1S/C2H6O.CH3NO2/c1-2-3;1-2(3)4/h3H,2H2,1H3;1H3. The molecule has 0 saturated heterocycles. The van der Waals surface area contributed by atoms with Gasteiger partial charge in [-0.3, -0.25) is 10.1 Å². The molecule has 0 unspecified atom stereocenters. The Labute approximate surface area is 41.9 Å². The van der Waals surface area contributed by atoms with Crippen molar-refractivity contribution in [1.29, 1.82) is 0 Å². The first-order chi connectivity index (χ1) is 3.15. The molecule has 0 fully saturated rings. The van der Waals surface area contributed by atoms with E-state index in [-0.39, 0.29) is 6.61 Å². The normalized spacial score (nSPS) is 6.14. The Balaban J connectivity index is 0. The molecule has 0 aliphatic carbocycles. The lowest BCUT2D eigenvalue weighted by Crippen LogP contribution is -1.79. The van der Waals surface area contributed by atoms with E-state index >= 15 is 0 Å². The second-order valence-corrected chi connectivity index (χ2v) is 0.756. The van der Waals surface area contributed by atoms with Crippen molar-refractivity contribution in [1.82, 2.24) is 0 Å². The monoisotopic (exact) mass is 107 g/mol. The van der Waals surface area contributed by atoms with Gasteiger partial charge in [-0.2, -0.15) is 0 Å². The molecular formula is C3H9NO3. The maximum absolute atomic E-state index is 8.81.